The van der Waals surface area contributed by atoms with Crippen molar-refractivity contribution in [3.8, 4) is 5.75 Å². The van der Waals surface area contributed by atoms with Crippen molar-refractivity contribution in [1.82, 2.24) is 10.2 Å². The van der Waals surface area contributed by atoms with Crippen molar-refractivity contribution in [2.75, 3.05) is 20.2 Å². The molecule has 0 radical (unpaired) electrons. The molecule has 1 fully saturated rings. The quantitative estimate of drug-likeness (QED) is 0.494. The molecule has 4 nitrogen and oxygen atoms in total. The number of methoxy groups -OCH3 is 1. The Labute approximate surface area is 202 Å². The van der Waals surface area contributed by atoms with E-state index in [1.165, 1.54) is 5.56 Å². The van der Waals surface area contributed by atoms with Gasteiger partial charge >= 0.3 is 0 Å². The van der Waals surface area contributed by atoms with Crippen molar-refractivity contribution in [2.24, 2.45) is 5.92 Å². The fraction of sp³-hybridized carbons (Fsp3) is 0.500. The summed E-state index contributed by atoms with van der Waals surface area (Å²) in [5, 5.41) is 4.64. The highest BCUT2D eigenvalue weighted by atomic mass is 35.5. The van der Waals surface area contributed by atoms with E-state index < -0.39 is 0 Å². The maximum atomic E-state index is 13.0. The number of nitrogens with zero attached hydrogens (tertiary/aromatic N) is 1. The van der Waals surface area contributed by atoms with E-state index in [2.05, 4.69) is 50.0 Å². The second-order valence-electron chi connectivity index (χ2n) is 9.09. The van der Waals surface area contributed by atoms with Crippen LogP contribution in [0.4, 0.5) is 0 Å². The van der Waals surface area contributed by atoms with Crippen molar-refractivity contribution in [1.29, 1.82) is 0 Å². The first kappa shape index (κ1) is 24.9. The Morgan fingerprint density at radius 2 is 1.75 bits per heavy atom. The number of benzene rings is 2. The largest absolute Gasteiger partial charge is 0.496 e. The zero-order valence-corrected chi connectivity index (χ0v) is 21.2. The van der Waals surface area contributed by atoms with Gasteiger partial charge < -0.3 is 10.1 Å². The molecule has 1 aliphatic rings. The highest BCUT2D eigenvalue weighted by molar-refractivity contribution is 6.35. The fourth-order valence-electron chi connectivity index (χ4n) is 4.48. The van der Waals surface area contributed by atoms with Crippen molar-refractivity contribution in [3.05, 3.63) is 62.6 Å². The summed E-state index contributed by atoms with van der Waals surface area (Å²) >= 11 is 12.6. The third-order valence-electron chi connectivity index (χ3n) is 6.47. The smallest absolute Gasteiger partial charge is 0.223 e. The van der Waals surface area contributed by atoms with Gasteiger partial charge in [-0.15, -0.1) is 0 Å². The van der Waals surface area contributed by atoms with Gasteiger partial charge in [0.15, 0.2) is 0 Å². The van der Waals surface area contributed by atoms with Crippen LogP contribution in [0.2, 0.25) is 10.0 Å². The summed E-state index contributed by atoms with van der Waals surface area (Å²) in [6, 6.07) is 9.81. The van der Waals surface area contributed by atoms with E-state index >= 15 is 0 Å². The van der Waals surface area contributed by atoms with E-state index in [0.29, 0.717) is 22.5 Å². The minimum Gasteiger partial charge on any atom is -0.496 e. The molecule has 0 aromatic heterocycles. The van der Waals surface area contributed by atoms with Crippen LogP contribution in [0.3, 0.4) is 0 Å². The normalized spacial score (nSPS) is 16.2. The molecule has 0 saturated carbocycles. The van der Waals surface area contributed by atoms with Gasteiger partial charge in [0.05, 0.1) is 13.2 Å². The molecule has 1 saturated heterocycles. The number of aryl methyl sites for hydroxylation is 1. The van der Waals surface area contributed by atoms with Crippen LogP contribution in [-0.2, 0) is 11.3 Å². The lowest BCUT2D eigenvalue weighted by molar-refractivity contribution is -0.127. The van der Waals surface area contributed by atoms with Crippen LogP contribution < -0.4 is 10.1 Å². The molecule has 32 heavy (non-hydrogen) atoms. The van der Waals surface area contributed by atoms with Gasteiger partial charge in [-0.25, -0.2) is 0 Å². The minimum atomic E-state index is -0.0501. The zero-order chi connectivity index (χ0) is 23.4. The number of halogens is 2. The molecule has 1 aliphatic heterocycles. The number of hydrogen-bond donors (Lipinski definition) is 1. The number of amides is 1. The van der Waals surface area contributed by atoms with Crippen LogP contribution in [0.1, 0.15) is 67.8 Å². The van der Waals surface area contributed by atoms with Crippen LogP contribution in [0.25, 0.3) is 0 Å². The van der Waals surface area contributed by atoms with Gasteiger partial charge in [-0.2, -0.15) is 0 Å². The third-order valence-corrected chi connectivity index (χ3v) is 7.18. The Balaban J connectivity index is 1.60. The molecule has 6 heteroatoms. The van der Waals surface area contributed by atoms with Crippen LogP contribution >= 0.6 is 23.2 Å². The first-order valence-electron chi connectivity index (χ1n) is 11.3. The molecule has 1 heterocycles. The van der Waals surface area contributed by atoms with E-state index in [1.54, 1.807) is 7.11 Å². The Morgan fingerprint density at radius 3 is 2.31 bits per heavy atom. The van der Waals surface area contributed by atoms with Crippen LogP contribution in [0, 0.1) is 12.8 Å². The number of hydrogen-bond acceptors (Lipinski definition) is 3. The van der Waals surface area contributed by atoms with E-state index in [1.807, 2.05) is 18.2 Å². The fourth-order valence-corrected chi connectivity index (χ4v) is 5.00. The molecule has 1 atom stereocenters. The van der Waals surface area contributed by atoms with Gasteiger partial charge in [0, 0.05) is 28.1 Å². The standard InChI is InChI=1S/C26H34Cl2N2O2/c1-16(2)20-14-21(17(3)13-25(20)32-5)18(4)29-26(31)19-9-11-30(12-10-19)15-22-23(27)7-6-8-24(22)28/h6-8,13-14,16,18-19H,9-12,15H2,1-5H3,(H,29,31)/t18-/m0/s1. The number of ether oxygens (including phenoxy) is 1. The molecule has 0 unspecified atom stereocenters. The predicted octanol–water partition coefficient (Wildman–Crippen LogP) is 6.52. The summed E-state index contributed by atoms with van der Waals surface area (Å²) in [5.74, 6) is 1.42. The van der Waals surface area contributed by atoms with Crippen LogP contribution in [0.15, 0.2) is 30.3 Å². The van der Waals surface area contributed by atoms with Crippen LogP contribution in [-0.4, -0.2) is 31.0 Å². The average molecular weight is 477 g/mol. The maximum Gasteiger partial charge on any atom is 0.223 e. The monoisotopic (exact) mass is 476 g/mol. The summed E-state index contributed by atoms with van der Waals surface area (Å²) in [5.41, 5.74) is 4.41. The molecule has 1 N–H and O–H groups in total. The molecule has 3 rings (SSSR count). The Hall–Kier alpha value is -1.75. The molecule has 2 aromatic carbocycles. The van der Waals surface area contributed by atoms with Gasteiger partial charge in [0.25, 0.3) is 0 Å². The number of likely N-dealkylation sites (tertiary alicyclic amines) is 1. The molecule has 174 valence electrons. The van der Waals surface area contributed by atoms with E-state index in [9.17, 15) is 4.79 Å². The highest BCUT2D eigenvalue weighted by Crippen LogP contribution is 2.33. The van der Waals surface area contributed by atoms with Crippen LogP contribution in [0.5, 0.6) is 5.75 Å². The second-order valence-corrected chi connectivity index (χ2v) is 9.90. The maximum absolute atomic E-state index is 13.0. The highest BCUT2D eigenvalue weighted by Gasteiger charge is 2.27. The number of nitrogens with one attached hydrogen (secondary N) is 1. The van der Waals surface area contributed by atoms with Crippen molar-refractivity contribution in [2.45, 2.75) is 59.0 Å². The van der Waals surface area contributed by atoms with Gasteiger partial charge in [-0.1, -0.05) is 43.1 Å². The molecule has 0 aliphatic carbocycles. The Kier molecular flexibility index (Phi) is 8.49. The summed E-state index contributed by atoms with van der Waals surface area (Å²) in [7, 11) is 1.71. The summed E-state index contributed by atoms with van der Waals surface area (Å²) in [6.07, 6.45) is 1.67. The van der Waals surface area contributed by atoms with E-state index in [4.69, 9.17) is 27.9 Å². The number of rotatable bonds is 7. The molecule has 0 bridgehead atoms. The average Bonchev–Trinajstić information content (AvgIpc) is 2.76. The zero-order valence-electron chi connectivity index (χ0n) is 19.7. The first-order valence-corrected chi connectivity index (χ1v) is 12.1. The van der Waals surface area contributed by atoms with E-state index in [-0.39, 0.29) is 17.9 Å². The summed E-state index contributed by atoms with van der Waals surface area (Å²) in [4.78, 5) is 15.3. The topological polar surface area (TPSA) is 41.6 Å². The number of carbonyl (C=O) groups is 1. The SMILES string of the molecule is COc1cc(C)c([C@H](C)NC(=O)C2CCN(Cc3c(Cl)cccc3Cl)CC2)cc1C(C)C. The lowest BCUT2D eigenvalue weighted by atomic mass is 9.92. The molecule has 0 spiro atoms. The van der Waals surface area contributed by atoms with Crippen molar-refractivity contribution >= 4 is 29.1 Å². The van der Waals surface area contributed by atoms with Gasteiger partial charge in [0.1, 0.15) is 5.75 Å². The minimum absolute atomic E-state index is 0.0264. The first-order chi connectivity index (χ1) is 15.2. The van der Waals surface area contributed by atoms with Gasteiger partial charge in [0.2, 0.25) is 5.91 Å². The second kappa shape index (κ2) is 10.9. The lowest BCUT2D eigenvalue weighted by Crippen LogP contribution is -2.41. The van der Waals surface area contributed by atoms with Crippen molar-refractivity contribution in [3.63, 3.8) is 0 Å². The summed E-state index contributed by atoms with van der Waals surface area (Å²) in [6.45, 7) is 10.9. The molecule has 1 amide bonds. The van der Waals surface area contributed by atoms with E-state index in [0.717, 1.165) is 48.4 Å². The third kappa shape index (κ3) is 5.78. The lowest BCUT2D eigenvalue weighted by Gasteiger charge is -2.32. The molecule has 2 aromatic rings. The molecular weight excluding hydrogens is 443 g/mol. The van der Waals surface area contributed by atoms with Gasteiger partial charge in [-0.3, -0.25) is 9.69 Å². The number of piperidine rings is 1. The Morgan fingerprint density at radius 1 is 1.12 bits per heavy atom. The Bertz CT molecular complexity index is 933. The molecular formula is C26H34Cl2N2O2. The predicted molar refractivity (Wildman–Crippen MR) is 133 cm³/mol. The van der Waals surface area contributed by atoms with Gasteiger partial charge in [-0.05, 0) is 86.7 Å². The summed E-state index contributed by atoms with van der Waals surface area (Å²) < 4.78 is 5.56. The number of carbonyl (C=O) groups excluding carboxylic acids is 1. The van der Waals surface area contributed by atoms with Crippen molar-refractivity contribution < 1.29 is 9.53 Å².